The number of benzene rings is 1. The molecule has 0 aliphatic carbocycles. The highest BCUT2D eigenvalue weighted by molar-refractivity contribution is 5.46. The maximum Gasteiger partial charge on any atom is 0.123 e. The van der Waals surface area contributed by atoms with E-state index in [2.05, 4.69) is 16.7 Å². The van der Waals surface area contributed by atoms with Gasteiger partial charge in [-0.2, -0.15) is 0 Å². The van der Waals surface area contributed by atoms with E-state index < -0.39 is 0 Å². The molecule has 1 unspecified atom stereocenters. The molecule has 1 atom stereocenters. The Morgan fingerprint density at radius 1 is 1.15 bits per heavy atom. The fraction of sp³-hybridized carbons (Fsp3) is 0.625. The van der Waals surface area contributed by atoms with Crippen molar-refractivity contribution in [2.45, 2.75) is 19.8 Å². The SMILES string of the molecule is CCC(CN)CCN1CCN(c2ccc(F)cc2)CC1. The fourth-order valence-corrected chi connectivity index (χ4v) is 2.74. The van der Waals surface area contributed by atoms with Crippen LogP contribution in [0.5, 0.6) is 0 Å². The predicted molar refractivity (Wildman–Crippen MR) is 82.5 cm³/mol. The molecule has 1 aliphatic heterocycles. The van der Waals surface area contributed by atoms with Crippen LogP contribution in [-0.2, 0) is 0 Å². The van der Waals surface area contributed by atoms with Crippen LogP contribution in [0.2, 0.25) is 0 Å². The number of halogens is 1. The van der Waals surface area contributed by atoms with Gasteiger partial charge < -0.3 is 10.6 Å². The van der Waals surface area contributed by atoms with Crippen LogP contribution in [0, 0.1) is 11.7 Å². The van der Waals surface area contributed by atoms with E-state index in [1.54, 1.807) is 0 Å². The van der Waals surface area contributed by atoms with Gasteiger partial charge in [0.15, 0.2) is 0 Å². The third kappa shape index (κ3) is 4.18. The first-order valence-electron chi connectivity index (χ1n) is 7.66. The Balaban J connectivity index is 1.76. The highest BCUT2D eigenvalue weighted by Gasteiger charge is 2.17. The standard InChI is InChI=1S/C16H26FN3/c1-2-14(13-18)7-8-19-9-11-20(12-10-19)16-5-3-15(17)4-6-16/h3-6,14H,2,7-13,18H2,1H3. The van der Waals surface area contributed by atoms with Gasteiger partial charge in [-0.05, 0) is 49.7 Å². The third-order valence-electron chi connectivity index (χ3n) is 4.33. The molecule has 1 fully saturated rings. The van der Waals surface area contributed by atoms with Gasteiger partial charge >= 0.3 is 0 Å². The van der Waals surface area contributed by atoms with E-state index in [1.807, 2.05) is 12.1 Å². The maximum atomic E-state index is 12.9. The molecule has 0 saturated carbocycles. The average molecular weight is 279 g/mol. The second kappa shape index (κ2) is 7.60. The lowest BCUT2D eigenvalue weighted by Gasteiger charge is -2.36. The van der Waals surface area contributed by atoms with Crippen molar-refractivity contribution in [3.63, 3.8) is 0 Å². The quantitative estimate of drug-likeness (QED) is 0.867. The number of anilines is 1. The van der Waals surface area contributed by atoms with Crippen molar-refractivity contribution in [3.8, 4) is 0 Å². The van der Waals surface area contributed by atoms with Crippen molar-refractivity contribution in [1.82, 2.24) is 4.90 Å². The van der Waals surface area contributed by atoms with Crippen LogP contribution in [0.15, 0.2) is 24.3 Å². The van der Waals surface area contributed by atoms with E-state index in [-0.39, 0.29) is 5.82 Å². The first-order chi connectivity index (χ1) is 9.72. The van der Waals surface area contributed by atoms with Gasteiger partial charge in [-0.1, -0.05) is 13.3 Å². The molecule has 0 radical (unpaired) electrons. The lowest BCUT2D eigenvalue weighted by Crippen LogP contribution is -2.47. The minimum absolute atomic E-state index is 0.167. The Kier molecular flexibility index (Phi) is 5.80. The Morgan fingerprint density at radius 2 is 1.80 bits per heavy atom. The molecule has 1 aromatic carbocycles. The Bertz CT molecular complexity index is 381. The van der Waals surface area contributed by atoms with E-state index in [1.165, 1.54) is 25.0 Å². The Morgan fingerprint density at radius 3 is 2.35 bits per heavy atom. The molecule has 4 heteroatoms. The van der Waals surface area contributed by atoms with Gasteiger partial charge in [-0.15, -0.1) is 0 Å². The maximum absolute atomic E-state index is 12.9. The summed E-state index contributed by atoms with van der Waals surface area (Å²) in [4.78, 5) is 4.84. The lowest BCUT2D eigenvalue weighted by atomic mass is 10.0. The van der Waals surface area contributed by atoms with Gasteiger partial charge in [-0.3, -0.25) is 4.90 Å². The summed E-state index contributed by atoms with van der Waals surface area (Å²) in [7, 11) is 0. The van der Waals surface area contributed by atoms with E-state index in [9.17, 15) is 4.39 Å². The number of piperazine rings is 1. The van der Waals surface area contributed by atoms with Crippen LogP contribution < -0.4 is 10.6 Å². The van der Waals surface area contributed by atoms with Gasteiger partial charge in [0, 0.05) is 31.9 Å². The van der Waals surface area contributed by atoms with Crippen molar-refractivity contribution >= 4 is 5.69 Å². The second-order valence-corrected chi connectivity index (χ2v) is 5.60. The zero-order valence-electron chi connectivity index (χ0n) is 12.4. The first kappa shape index (κ1) is 15.3. The first-order valence-corrected chi connectivity index (χ1v) is 7.66. The summed E-state index contributed by atoms with van der Waals surface area (Å²) in [6, 6.07) is 6.81. The van der Waals surface area contributed by atoms with Crippen LogP contribution >= 0.6 is 0 Å². The molecular formula is C16H26FN3. The zero-order chi connectivity index (χ0) is 14.4. The topological polar surface area (TPSA) is 32.5 Å². The molecule has 112 valence electrons. The number of rotatable bonds is 6. The molecule has 3 nitrogen and oxygen atoms in total. The van der Waals surface area contributed by atoms with Gasteiger partial charge in [0.25, 0.3) is 0 Å². The van der Waals surface area contributed by atoms with Crippen LogP contribution in [0.4, 0.5) is 10.1 Å². The summed E-state index contributed by atoms with van der Waals surface area (Å²) in [6.07, 6.45) is 2.37. The van der Waals surface area contributed by atoms with E-state index in [0.29, 0.717) is 5.92 Å². The summed E-state index contributed by atoms with van der Waals surface area (Å²) in [5.74, 6) is 0.491. The molecule has 1 heterocycles. The summed E-state index contributed by atoms with van der Waals surface area (Å²) in [6.45, 7) is 8.36. The predicted octanol–water partition coefficient (Wildman–Crippen LogP) is 2.32. The normalized spacial score (nSPS) is 18.2. The fourth-order valence-electron chi connectivity index (χ4n) is 2.74. The number of hydrogen-bond acceptors (Lipinski definition) is 3. The average Bonchev–Trinajstić information content (AvgIpc) is 2.50. The third-order valence-corrected chi connectivity index (χ3v) is 4.33. The molecule has 0 amide bonds. The molecule has 0 bridgehead atoms. The van der Waals surface area contributed by atoms with Crippen molar-refractivity contribution in [2.24, 2.45) is 11.7 Å². The Hall–Kier alpha value is -1.13. The molecule has 1 saturated heterocycles. The molecule has 2 N–H and O–H groups in total. The van der Waals surface area contributed by atoms with Crippen LogP contribution in [0.3, 0.4) is 0 Å². The highest BCUT2D eigenvalue weighted by Crippen LogP contribution is 2.17. The summed E-state index contributed by atoms with van der Waals surface area (Å²) < 4.78 is 12.9. The second-order valence-electron chi connectivity index (χ2n) is 5.60. The molecule has 2 rings (SSSR count). The van der Waals surface area contributed by atoms with E-state index in [0.717, 1.165) is 45.0 Å². The van der Waals surface area contributed by atoms with Gasteiger partial charge in [0.05, 0.1) is 0 Å². The molecule has 0 spiro atoms. The number of hydrogen-bond donors (Lipinski definition) is 1. The lowest BCUT2D eigenvalue weighted by molar-refractivity contribution is 0.237. The minimum Gasteiger partial charge on any atom is -0.369 e. The largest absolute Gasteiger partial charge is 0.369 e. The molecule has 1 aromatic rings. The monoisotopic (exact) mass is 279 g/mol. The van der Waals surface area contributed by atoms with Crippen molar-refractivity contribution in [1.29, 1.82) is 0 Å². The van der Waals surface area contributed by atoms with Gasteiger partial charge in [0.2, 0.25) is 0 Å². The molecule has 0 aromatic heterocycles. The summed E-state index contributed by atoms with van der Waals surface area (Å²) in [5.41, 5.74) is 6.88. The minimum atomic E-state index is -0.167. The van der Waals surface area contributed by atoms with E-state index >= 15 is 0 Å². The van der Waals surface area contributed by atoms with Crippen LogP contribution in [-0.4, -0.2) is 44.2 Å². The number of nitrogens with two attached hydrogens (primary N) is 1. The molecular weight excluding hydrogens is 253 g/mol. The van der Waals surface area contributed by atoms with Crippen molar-refractivity contribution < 1.29 is 4.39 Å². The van der Waals surface area contributed by atoms with Crippen molar-refractivity contribution in [2.75, 3.05) is 44.2 Å². The Labute approximate surface area is 121 Å². The zero-order valence-corrected chi connectivity index (χ0v) is 12.4. The van der Waals surface area contributed by atoms with Crippen LogP contribution in [0.1, 0.15) is 19.8 Å². The van der Waals surface area contributed by atoms with Gasteiger partial charge in [0.1, 0.15) is 5.82 Å². The smallest absolute Gasteiger partial charge is 0.123 e. The molecule has 1 aliphatic rings. The van der Waals surface area contributed by atoms with Crippen molar-refractivity contribution in [3.05, 3.63) is 30.1 Å². The van der Waals surface area contributed by atoms with E-state index in [4.69, 9.17) is 5.73 Å². The summed E-state index contributed by atoms with van der Waals surface area (Å²) in [5, 5.41) is 0. The summed E-state index contributed by atoms with van der Waals surface area (Å²) >= 11 is 0. The van der Waals surface area contributed by atoms with Gasteiger partial charge in [-0.25, -0.2) is 4.39 Å². The number of nitrogens with zero attached hydrogens (tertiary/aromatic N) is 2. The van der Waals surface area contributed by atoms with Crippen LogP contribution in [0.25, 0.3) is 0 Å². The molecule has 20 heavy (non-hydrogen) atoms. The highest BCUT2D eigenvalue weighted by atomic mass is 19.1.